The highest BCUT2D eigenvalue weighted by molar-refractivity contribution is 5.37. The van der Waals surface area contributed by atoms with E-state index < -0.39 is 0 Å². The minimum absolute atomic E-state index is 0.602. The number of hydrogen-bond acceptors (Lipinski definition) is 4. The van der Waals surface area contributed by atoms with E-state index in [1.54, 1.807) is 14.2 Å². The zero-order chi connectivity index (χ0) is 16.2. The van der Waals surface area contributed by atoms with Crippen molar-refractivity contribution in [3.63, 3.8) is 0 Å². The molecule has 4 nitrogen and oxygen atoms in total. The lowest BCUT2D eigenvalue weighted by molar-refractivity contribution is -0.00623. The summed E-state index contributed by atoms with van der Waals surface area (Å²) >= 11 is 0. The first-order valence-corrected chi connectivity index (χ1v) is 8.84. The first-order valence-electron chi connectivity index (χ1n) is 8.84. The molecule has 2 aliphatic heterocycles. The third kappa shape index (κ3) is 3.87. The summed E-state index contributed by atoms with van der Waals surface area (Å²) in [5.74, 6) is 0.916. The summed E-state index contributed by atoms with van der Waals surface area (Å²) in [5.41, 5.74) is 2.48. The zero-order valence-corrected chi connectivity index (χ0v) is 14.8. The van der Waals surface area contributed by atoms with Crippen LogP contribution in [0.25, 0.3) is 0 Å². The van der Waals surface area contributed by atoms with E-state index in [1.807, 2.05) is 0 Å². The summed E-state index contributed by atoms with van der Waals surface area (Å²) in [6.45, 7) is 7.72. The van der Waals surface area contributed by atoms with E-state index in [0.29, 0.717) is 6.61 Å². The number of ether oxygens (including phenoxy) is 2. The summed E-state index contributed by atoms with van der Waals surface area (Å²) in [5, 5.41) is 0. The van der Waals surface area contributed by atoms with Gasteiger partial charge in [-0.2, -0.15) is 0 Å². The maximum absolute atomic E-state index is 5.41. The molecular weight excluding hydrogens is 288 g/mol. The van der Waals surface area contributed by atoms with Gasteiger partial charge >= 0.3 is 0 Å². The van der Waals surface area contributed by atoms with Crippen LogP contribution in [0.1, 0.15) is 37.3 Å². The number of hydrogen-bond donors (Lipinski definition) is 0. The minimum Gasteiger partial charge on any atom is -0.496 e. The van der Waals surface area contributed by atoms with Crippen molar-refractivity contribution in [2.75, 3.05) is 33.9 Å². The Hall–Kier alpha value is -1.10. The SMILES string of the molecule is COCc1cc(CN2CC(N3CCCC[C@H]3C)C2)ccc1OC. The third-order valence-electron chi connectivity index (χ3n) is 5.31. The van der Waals surface area contributed by atoms with Crippen LogP contribution < -0.4 is 4.74 Å². The topological polar surface area (TPSA) is 24.9 Å². The van der Waals surface area contributed by atoms with Crippen molar-refractivity contribution < 1.29 is 9.47 Å². The van der Waals surface area contributed by atoms with Crippen LogP contribution in [0.4, 0.5) is 0 Å². The van der Waals surface area contributed by atoms with Crippen LogP contribution in [0, 0.1) is 0 Å². The molecule has 1 aromatic rings. The van der Waals surface area contributed by atoms with E-state index in [-0.39, 0.29) is 0 Å². The number of benzene rings is 1. The van der Waals surface area contributed by atoms with Crippen molar-refractivity contribution in [2.24, 2.45) is 0 Å². The molecule has 0 saturated carbocycles. The fraction of sp³-hybridized carbons (Fsp3) is 0.684. The molecule has 1 atom stereocenters. The fourth-order valence-corrected chi connectivity index (χ4v) is 4.00. The van der Waals surface area contributed by atoms with E-state index in [4.69, 9.17) is 9.47 Å². The predicted molar refractivity (Wildman–Crippen MR) is 92.8 cm³/mol. The molecule has 2 aliphatic rings. The van der Waals surface area contributed by atoms with Gasteiger partial charge in [-0.25, -0.2) is 0 Å². The average Bonchev–Trinajstić information content (AvgIpc) is 2.52. The van der Waals surface area contributed by atoms with E-state index in [1.165, 1.54) is 44.5 Å². The third-order valence-corrected chi connectivity index (χ3v) is 5.31. The van der Waals surface area contributed by atoms with Crippen LogP contribution in [-0.4, -0.2) is 55.7 Å². The van der Waals surface area contributed by atoms with E-state index in [0.717, 1.165) is 29.9 Å². The van der Waals surface area contributed by atoms with Gasteiger partial charge in [-0.1, -0.05) is 12.5 Å². The van der Waals surface area contributed by atoms with Crippen LogP contribution in [0.5, 0.6) is 5.75 Å². The van der Waals surface area contributed by atoms with Crippen molar-refractivity contribution >= 4 is 0 Å². The van der Waals surface area contributed by atoms with E-state index in [2.05, 4.69) is 34.9 Å². The molecule has 0 aromatic heterocycles. The maximum atomic E-state index is 5.41. The highest BCUT2D eigenvalue weighted by atomic mass is 16.5. The van der Waals surface area contributed by atoms with Crippen LogP contribution in [-0.2, 0) is 17.9 Å². The Kier molecular flexibility index (Phi) is 5.57. The lowest BCUT2D eigenvalue weighted by atomic mass is 9.97. The second-order valence-electron chi connectivity index (χ2n) is 7.01. The normalized spacial score (nSPS) is 23.7. The molecule has 1 aromatic carbocycles. The van der Waals surface area contributed by atoms with Gasteiger partial charge in [0, 0.05) is 44.4 Å². The molecule has 0 unspecified atom stereocenters. The van der Waals surface area contributed by atoms with Crippen LogP contribution in [0.2, 0.25) is 0 Å². The molecule has 0 amide bonds. The monoisotopic (exact) mass is 318 g/mol. The smallest absolute Gasteiger partial charge is 0.124 e. The maximum Gasteiger partial charge on any atom is 0.124 e. The second-order valence-corrected chi connectivity index (χ2v) is 7.01. The van der Waals surface area contributed by atoms with Gasteiger partial charge in [-0.3, -0.25) is 9.80 Å². The van der Waals surface area contributed by atoms with Crippen LogP contribution in [0.15, 0.2) is 18.2 Å². The number of methoxy groups -OCH3 is 2. The molecule has 0 radical (unpaired) electrons. The summed E-state index contributed by atoms with van der Waals surface area (Å²) in [6.07, 6.45) is 4.15. The van der Waals surface area contributed by atoms with Crippen LogP contribution >= 0.6 is 0 Å². The highest BCUT2D eigenvalue weighted by Crippen LogP contribution is 2.27. The molecule has 4 heteroatoms. The first kappa shape index (κ1) is 16.7. The molecular formula is C19H30N2O2. The Morgan fingerprint density at radius 1 is 1.17 bits per heavy atom. The van der Waals surface area contributed by atoms with Crippen molar-refractivity contribution in [1.29, 1.82) is 0 Å². The van der Waals surface area contributed by atoms with Crippen molar-refractivity contribution in [1.82, 2.24) is 9.80 Å². The molecule has 128 valence electrons. The minimum atomic E-state index is 0.602. The van der Waals surface area contributed by atoms with Gasteiger partial charge in [-0.15, -0.1) is 0 Å². The van der Waals surface area contributed by atoms with Gasteiger partial charge in [-0.05, 0) is 44.0 Å². The number of nitrogens with zero attached hydrogens (tertiary/aromatic N) is 2. The van der Waals surface area contributed by atoms with Gasteiger partial charge in [0.15, 0.2) is 0 Å². The van der Waals surface area contributed by atoms with Gasteiger partial charge in [0.2, 0.25) is 0 Å². The summed E-state index contributed by atoms with van der Waals surface area (Å²) in [7, 11) is 3.44. The quantitative estimate of drug-likeness (QED) is 0.805. The van der Waals surface area contributed by atoms with Gasteiger partial charge in [0.05, 0.1) is 13.7 Å². The Morgan fingerprint density at radius 2 is 2.00 bits per heavy atom. The lowest BCUT2D eigenvalue weighted by Gasteiger charge is -2.49. The molecule has 0 bridgehead atoms. The molecule has 2 fully saturated rings. The Morgan fingerprint density at radius 3 is 2.70 bits per heavy atom. The molecule has 3 rings (SSSR count). The van der Waals surface area contributed by atoms with Crippen molar-refractivity contribution in [3.8, 4) is 5.75 Å². The Balaban J connectivity index is 1.54. The molecule has 23 heavy (non-hydrogen) atoms. The van der Waals surface area contributed by atoms with E-state index in [9.17, 15) is 0 Å². The molecule has 2 heterocycles. The Bertz CT molecular complexity index is 514. The average molecular weight is 318 g/mol. The zero-order valence-electron chi connectivity index (χ0n) is 14.8. The van der Waals surface area contributed by atoms with Gasteiger partial charge in [0.1, 0.15) is 5.75 Å². The van der Waals surface area contributed by atoms with Gasteiger partial charge < -0.3 is 9.47 Å². The number of likely N-dealkylation sites (tertiary alicyclic amines) is 2. The molecule has 0 aliphatic carbocycles. The number of rotatable bonds is 6. The fourth-order valence-electron chi connectivity index (χ4n) is 4.00. The van der Waals surface area contributed by atoms with Crippen LogP contribution in [0.3, 0.4) is 0 Å². The van der Waals surface area contributed by atoms with E-state index >= 15 is 0 Å². The summed E-state index contributed by atoms with van der Waals surface area (Å²) < 4.78 is 10.7. The largest absolute Gasteiger partial charge is 0.496 e. The van der Waals surface area contributed by atoms with Crippen molar-refractivity contribution in [2.45, 2.75) is 51.4 Å². The Labute approximate surface area is 140 Å². The molecule has 2 saturated heterocycles. The lowest BCUT2D eigenvalue weighted by Crippen LogP contribution is -2.61. The summed E-state index contributed by atoms with van der Waals surface area (Å²) in [6, 6.07) is 7.99. The van der Waals surface area contributed by atoms with Crippen molar-refractivity contribution in [3.05, 3.63) is 29.3 Å². The predicted octanol–water partition coefficient (Wildman–Crippen LogP) is 2.90. The summed E-state index contributed by atoms with van der Waals surface area (Å²) in [4.78, 5) is 5.27. The second kappa shape index (κ2) is 7.65. The molecule has 0 N–H and O–H groups in total. The first-order chi connectivity index (χ1) is 11.2. The van der Waals surface area contributed by atoms with Gasteiger partial charge in [0.25, 0.3) is 0 Å². The standard InChI is InChI=1S/C19H30N2O2/c1-15-6-4-5-9-21(15)18-12-20(13-18)11-16-7-8-19(23-3)17(10-16)14-22-2/h7-8,10,15,18H,4-6,9,11-14H2,1-3H3/t15-/m1/s1. The number of piperidine rings is 1. The molecule has 0 spiro atoms. The highest BCUT2D eigenvalue weighted by Gasteiger charge is 2.34.